The number of nitrogens with zero attached hydrogens (tertiary/aromatic N) is 2. The largest absolute Gasteiger partial charge is 0.315 e. The van der Waals surface area contributed by atoms with E-state index in [1.807, 2.05) is 6.92 Å². The number of carbonyl (C=O) groups is 1. The molecule has 0 spiro atoms. The van der Waals surface area contributed by atoms with Crippen molar-refractivity contribution in [1.29, 1.82) is 5.26 Å². The van der Waals surface area contributed by atoms with E-state index < -0.39 is 0 Å². The van der Waals surface area contributed by atoms with E-state index in [0.717, 1.165) is 56.1 Å². The van der Waals surface area contributed by atoms with Gasteiger partial charge in [0.25, 0.3) is 0 Å². The van der Waals surface area contributed by atoms with Crippen molar-refractivity contribution in [3.05, 3.63) is 16.0 Å². The molecular formula is C19H27N3OS. The maximum atomic E-state index is 12.7. The molecule has 2 heterocycles. The van der Waals surface area contributed by atoms with Crippen molar-refractivity contribution < 1.29 is 4.79 Å². The number of fused-ring (bicyclic) bond motifs is 1. The summed E-state index contributed by atoms with van der Waals surface area (Å²) in [5.74, 6) is 0.784. The van der Waals surface area contributed by atoms with Crippen molar-refractivity contribution in [3.8, 4) is 6.07 Å². The van der Waals surface area contributed by atoms with Crippen LogP contribution in [0.4, 0.5) is 5.00 Å². The van der Waals surface area contributed by atoms with Crippen molar-refractivity contribution in [2.24, 2.45) is 5.92 Å². The van der Waals surface area contributed by atoms with Crippen molar-refractivity contribution in [3.63, 3.8) is 0 Å². The number of nitrogens with one attached hydrogen (secondary N) is 1. The number of likely N-dealkylation sites (tertiary alicyclic amines) is 1. The van der Waals surface area contributed by atoms with E-state index in [0.29, 0.717) is 5.56 Å². The standard InChI is InChI=1S/C19H27N3OS/c1-13-8-10-22(11-9-13)14(2)18(23)21-19-16(12-20)15-6-4-3-5-7-17(15)24-19/h13-14H,3-11H2,1-2H3,(H,21,23)/t14-/m1/s1. The molecule has 1 amide bonds. The van der Waals surface area contributed by atoms with E-state index in [4.69, 9.17) is 0 Å². The fourth-order valence-electron chi connectivity index (χ4n) is 3.75. The van der Waals surface area contributed by atoms with Gasteiger partial charge in [0.15, 0.2) is 0 Å². The normalized spacial score (nSPS) is 20.7. The molecule has 3 rings (SSSR count). The SMILES string of the molecule is CC1CCN([C@H](C)C(=O)Nc2sc3c(c2C#N)CCCCC3)CC1. The zero-order valence-electron chi connectivity index (χ0n) is 14.7. The maximum absolute atomic E-state index is 12.7. The molecule has 0 unspecified atom stereocenters. The molecule has 0 saturated carbocycles. The monoisotopic (exact) mass is 345 g/mol. The van der Waals surface area contributed by atoms with Gasteiger partial charge in [0, 0.05) is 4.88 Å². The number of hydrogen-bond acceptors (Lipinski definition) is 4. The zero-order chi connectivity index (χ0) is 17.1. The molecule has 0 aromatic carbocycles. The molecule has 1 N–H and O–H groups in total. The Labute approximate surface area is 148 Å². The lowest BCUT2D eigenvalue weighted by Crippen LogP contribution is -2.45. The second kappa shape index (κ2) is 7.67. The molecule has 0 radical (unpaired) electrons. The third kappa shape index (κ3) is 3.65. The molecule has 1 saturated heterocycles. The quantitative estimate of drug-likeness (QED) is 0.844. The summed E-state index contributed by atoms with van der Waals surface area (Å²) >= 11 is 1.62. The Kier molecular flexibility index (Phi) is 5.57. The molecule has 5 heteroatoms. The number of rotatable bonds is 3. The molecule has 1 atom stereocenters. The van der Waals surface area contributed by atoms with Gasteiger partial charge in [0.2, 0.25) is 5.91 Å². The Hall–Kier alpha value is -1.38. The van der Waals surface area contributed by atoms with Gasteiger partial charge in [0.05, 0.1) is 11.6 Å². The van der Waals surface area contributed by atoms with Crippen LogP contribution in [0.3, 0.4) is 0 Å². The Morgan fingerprint density at radius 2 is 2.00 bits per heavy atom. The number of anilines is 1. The predicted molar refractivity (Wildman–Crippen MR) is 98.4 cm³/mol. The average Bonchev–Trinajstić information content (AvgIpc) is 2.75. The summed E-state index contributed by atoms with van der Waals surface area (Å²) in [5, 5.41) is 13.4. The second-order valence-electron chi connectivity index (χ2n) is 7.26. The van der Waals surface area contributed by atoms with Crippen LogP contribution in [0.5, 0.6) is 0 Å². The van der Waals surface area contributed by atoms with Crippen LogP contribution in [0.15, 0.2) is 0 Å². The van der Waals surface area contributed by atoms with Gasteiger partial charge in [-0.3, -0.25) is 9.69 Å². The highest BCUT2D eigenvalue weighted by Crippen LogP contribution is 2.37. The van der Waals surface area contributed by atoms with Crippen molar-refractivity contribution >= 4 is 22.2 Å². The first-order valence-corrected chi connectivity index (χ1v) is 10.0. The minimum Gasteiger partial charge on any atom is -0.315 e. The van der Waals surface area contributed by atoms with Crippen LogP contribution in [0.25, 0.3) is 0 Å². The summed E-state index contributed by atoms with van der Waals surface area (Å²) in [7, 11) is 0. The number of thiophene rings is 1. The third-order valence-electron chi connectivity index (χ3n) is 5.52. The second-order valence-corrected chi connectivity index (χ2v) is 8.37. The minimum atomic E-state index is -0.133. The molecule has 24 heavy (non-hydrogen) atoms. The van der Waals surface area contributed by atoms with E-state index in [1.54, 1.807) is 11.3 Å². The van der Waals surface area contributed by atoms with Crippen LogP contribution in [0.2, 0.25) is 0 Å². The fraction of sp³-hybridized carbons (Fsp3) is 0.684. The Morgan fingerprint density at radius 1 is 1.29 bits per heavy atom. The van der Waals surface area contributed by atoms with Crippen LogP contribution in [-0.2, 0) is 17.6 Å². The Balaban J connectivity index is 1.71. The lowest BCUT2D eigenvalue weighted by atomic mass is 9.98. The first-order chi connectivity index (χ1) is 11.6. The van der Waals surface area contributed by atoms with Gasteiger partial charge in [-0.25, -0.2) is 0 Å². The summed E-state index contributed by atoms with van der Waals surface area (Å²) < 4.78 is 0. The molecule has 130 valence electrons. The van der Waals surface area contributed by atoms with Crippen LogP contribution in [0.1, 0.15) is 62.0 Å². The number of amides is 1. The first kappa shape index (κ1) is 17.4. The van der Waals surface area contributed by atoms with E-state index >= 15 is 0 Å². The van der Waals surface area contributed by atoms with E-state index in [-0.39, 0.29) is 11.9 Å². The number of piperidine rings is 1. The lowest BCUT2D eigenvalue weighted by Gasteiger charge is -2.34. The molecule has 1 aliphatic carbocycles. The predicted octanol–water partition coefficient (Wildman–Crippen LogP) is 3.95. The smallest absolute Gasteiger partial charge is 0.242 e. The molecule has 1 fully saturated rings. The van der Waals surface area contributed by atoms with Gasteiger partial charge in [-0.1, -0.05) is 13.3 Å². The zero-order valence-corrected chi connectivity index (χ0v) is 15.5. The summed E-state index contributed by atoms with van der Waals surface area (Å²) in [5.41, 5.74) is 1.90. The van der Waals surface area contributed by atoms with Gasteiger partial charge in [0.1, 0.15) is 11.1 Å². The lowest BCUT2D eigenvalue weighted by molar-refractivity contribution is -0.121. The summed E-state index contributed by atoms with van der Waals surface area (Å²) in [4.78, 5) is 16.3. The molecule has 1 aromatic heterocycles. The van der Waals surface area contributed by atoms with Crippen LogP contribution < -0.4 is 5.32 Å². The number of aryl methyl sites for hydroxylation is 1. The van der Waals surface area contributed by atoms with Crippen molar-refractivity contribution in [2.75, 3.05) is 18.4 Å². The van der Waals surface area contributed by atoms with E-state index in [1.165, 1.54) is 23.3 Å². The molecular weight excluding hydrogens is 318 g/mol. The van der Waals surface area contributed by atoms with Gasteiger partial charge in [-0.15, -0.1) is 11.3 Å². The van der Waals surface area contributed by atoms with Crippen LogP contribution in [-0.4, -0.2) is 29.9 Å². The Bertz CT molecular complexity index is 638. The summed E-state index contributed by atoms with van der Waals surface area (Å²) in [6, 6.07) is 2.21. The summed E-state index contributed by atoms with van der Waals surface area (Å²) in [6.45, 7) is 6.24. The minimum absolute atomic E-state index is 0.0254. The van der Waals surface area contributed by atoms with Gasteiger partial charge < -0.3 is 5.32 Å². The van der Waals surface area contributed by atoms with Gasteiger partial charge in [-0.05, 0) is 70.0 Å². The highest BCUT2D eigenvalue weighted by atomic mass is 32.1. The maximum Gasteiger partial charge on any atom is 0.242 e. The number of carbonyl (C=O) groups excluding carboxylic acids is 1. The highest BCUT2D eigenvalue weighted by Gasteiger charge is 2.27. The van der Waals surface area contributed by atoms with Gasteiger partial charge in [-0.2, -0.15) is 5.26 Å². The molecule has 4 nitrogen and oxygen atoms in total. The number of nitriles is 1. The van der Waals surface area contributed by atoms with E-state index in [2.05, 4.69) is 23.2 Å². The number of hydrogen-bond donors (Lipinski definition) is 1. The fourth-order valence-corrected chi connectivity index (χ4v) is 4.99. The Morgan fingerprint density at radius 3 is 2.71 bits per heavy atom. The topological polar surface area (TPSA) is 56.1 Å². The van der Waals surface area contributed by atoms with Crippen molar-refractivity contribution in [2.45, 2.75) is 64.8 Å². The molecule has 1 aliphatic heterocycles. The van der Waals surface area contributed by atoms with Crippen LogP contribution in [0, 0.1) is 17.2 Å². The third-order valence-corrected chi connectivity index (χ3v) is 6.72. The first-order valence-electron chi connectivity index (χ1n) is 9.19. The molecule has 2 aliphatic rings. The van der Waals surface area contributed by atoms with Gasteiger partial charge >= 0.3 is 0 Å². The highest BCUT2D eigenvalue weighted by molar-refractivity contribution is 7.16. The molecule has 0 bridgehead atoms. The van der Waals surface area contributed by atoms with Crippen molar-refractivity contribution in [1.82, 2.24) is 4.90 Å². The molecule has 1 aromatic rings. The van der Waals surface area contributed by atoms with Crippen LogP contribution >= 0.6 is 11.3 Å². The van der Waals surface area contributed by atoms with E-state index in [9.17, 15) is 10.1 Å². The summed E-state index contributed by atoms with van der Waals surface area (Å²) in [6.07, 6.45) is 7.91. The average molecular weight is 346 g/mol.